The summed E-state index contributed by atoms with van der Waals surface area (Å²) in [5.41, 5.74) is 1.45. The molecule has 0 aliphatic rings. The predicted octanol–water partition coefficient (Wildman–Crippen LogP) is 2.36. The number of nitrogens with zero attached hydrogens (tertiary/aromatic N) is 1. The minimum atomic E-state index is -1.13. The third-order valence-electron chi connectivity index (χ3n) is 2.37. The summed E-state index contributed by atoms with van der Waals surface area (Å²) < 4.78 is 10.3. The van der Waals surface area contributed by atoms with Crippen LogP contribution in [-0.4, -0.2) is 23.2 Å². The average molecular weight is 233 g/mol. The SMILES string of the molecule is COc1ccc(C)cc1-c1ocnc1C(=O)O. The maximum absolute atomic E-state index is 11.0. The van der Waals surface area contributed by atoms with Crippen LogP contribution < -0.4 is 4.74 Å². The second-order valence-electron chi connectivity index (χ2n) is 3.54. The Balaban J connectivity index is 2.63. The van der Waals surface area contributed by atoms with Gasteiger partial charge in [0, 0.05) is 0 Å². The number of aromatic carboxylic acids is 1. The van der Waals surface area contributed by atoms with Crippen molar-refractivity contribution in [2.75, 3.05) is 7.11 Å². The molecule has 0 aliphatic carbocycles. The van der Waals surface area contributed by atoms with Gasteiger partial charge in [0.25, 0.3) is 0 Å². The molecule has 0 amide bonds. The van der Waals surface area contributed by atoms with E-state index >= 15 is 0 Å². The highest BCUT2D eigenvalue weighted by Gasteiger charge is 2.20. The van der Waals surface area contributed by atoms with Gasteiger partial charge >= 0.3 is 5.97 Å². The van der Waals surface area contributed by atoms with E-state index in [1.807, 2.05) is 13.0 Å². The number of benzene rings is 1. The molecule has 0 atom stereocenters. The van der Waals surface area contributed by atoms with Crippen molar-refractivity contribution >= 4 is 5.97 Å². The van der Waals surface area contributed by atoms with Gasteiger partial charge in [-0.3, -0.25) is 0 Å². The number of aromatic nitrogens is 1. The summed E-state index contributed by atoms with van der Waals surface area (Å²) in [5, 5.41) is 8.99. The van der Waals surface area contributed by atoms with Crippen LogP contribution in [0.5, 0.6) is 5.75 Å². The van der Waals surface area contributed by atoms with Crippen molar-refractivity contribution in [3.8, 4) is 17.1 Å². The Kier molecular flexibility index (Phi) is 2.82. The molecular formula is C12H11NO4. The van der Waals surface area contributed by atoms with Gasteiger partial charge in [-0.2, -0.15) is 0 Å². The molecule has 0 unspecified atom stereocenters. The first-order valence-corrected chi connectivity index (χ1v) is 4.95. The lowest BCUT2D eigenvalue weighted by atomic mass is 10.1. The molecule has 5 heteroatoms. The zero-order chi connectivity index (χ0) is 12.4. The van der Waals surface area contributed by atoms with E-state index in [-0.39, 0.29) is 11.5 Å². The fourth-order valence-electron chi connectivity index (χ4n) is 1.59. The number of rotatable bonds is 3. The van der Waals surface area contributed by atoms with Gasteiger partial charge < -0.3 is 14.3 Å². The third kappa shape index (κ3) is 1.99. The van der Waals surface area contributed by atoms with Gasteiger partial charge in [0.2, 0.25) is 0 Å². The predicted molar refractivity (Wildman–Crippen MR) is 60.2 cm³/mol. The molecule has 0 bridgehead atoms. The van der Waals surface area contributed by atoms with Gasteiger partial charge in [0.1, 0.15) is 5.75 Å². The Bertz CT molecular complexity index is 559. The normalized spacial score (nSPS) is 10.2. The molecule has 0 spiro atoms. The number of oxazole rings is 1. The fraction of sp³-hybridized carbons (Fsp3) is 0.167. The van der Waals surface area contributed by atoms with Crippen LogP contribution in [0.15, 0.2) is 29.0 Å². The van der Waals surface area contributed by atoms with Crippen LogP contribution in [0.1, 0.15) is 16.1 Å². The number of carboxylic acid groups (broad SMARTS) is 1. The monoisotopic (exact) mass is 233 g/mol. The Morgan fingerprint density at radius 1 is 1.47 bits per heavy atom. The van der Waals surface area contributed by atoms with E-state index in [2.05, 4.69) is 4.98 Å². The third-order valence-corrected chi connectivity index (χ3v) is 2.37. The van der Waals surface area contributed by atoms with Gasteiger partial charge in [-0.05, 0) is 19.1 Å². The van der Waals surface area contributed by atoms with Crippen LogP contribution in [0, 0.1) is 6.92 Å². The highest BCUT2D eigenvalue weighted by Crippen LogP contribution is 2.32. The summed E-state index contributed by atoms with van der Waals surface area (Å²) in [4.78, 5) is 14.7. The molecule has 1 aromatic heterocycles. The molecule has 0 saturated carbocycles. The zero-order valence-electron chi connectivity index (χ0n) is 9.43. The maximum Gasteiger partial charge on any atom is 0.358 e. The number of hydrogen-bond acceptors (Lipinski definition) is 4. The lowest BCUT2D eigenvalue weighted by Crippen LogP contribution is -1.99. The molecule has 1 N–H and O–H groups in total. The molecular weight excluding hydrogens is 222 g/mol. The first-order valence-electron chi connectivity index (χ1n) is 4.95. The van der Waals surface area contributed by atoms with E-state index in [0.29, 0.717) is 11.3 Å². The fourth-order valence-corrected chi connectivity index (χ4v) is 1.59. The number of aryl methyl sites for hydroxylation is 1. The second-order valence-corrected chi connectivity index (χ2v) is 3.54. The summed E-state index contributed by atoms with van der Waals surface area (Å²) in [6, 6.07) is 5.43. The van der Waals surface area contributed by atoms with E-state index in [1.165, 1.54) is 7.11 Å². The number of carboxylic acids is 1. The van der Waals surface area contributed by atoms with Crippen molar-refractivity contribution in [1.82, 2.24) is 4.98 Å². The highest BCUT2D eigenvalue weighted by atomic mass is 16.5. The van der Waals surface area contributed by atoms with E-state index in [4.69, 9.17) is 14.3 Å². The van der Waals surface area contributed by atoms with Gasteiger partial charge in [0.05, 0.1) is 12.7 Å². The highest BCUT2D eigenvalue weighted by molar-refractivity contribution is 5.93. The van der Waals surface area contributed by atoms with Gasteiger partial charge in [-0.25, -0.2) is 9.78 Å². The molecule has 2 aromatic rings. The van der Waals surface area contributed by atoms with Crippen LogP contribution in [0.2, 0.25) is 0 Å². The summed E-state index contributed by atoms with van der Waals surface area (Å²) >= 11 is 0. The van der Waals surface area contributed by atoms with Crippen molar-refractivity contribution in [2.45, 2.75) is 6.92 Å². The molecule has 1 heterocycles. The van der Waals surface area contributed by atoms with Crippen molar-refractivity contribution < 1.29 is 19.1 Å². The van der Waals surface area contributed by atoms with Crippen LogP contribution in [0.4, 0.5) is 0 Å². The molecule has 88 valence electrons. The largest absolute Gasteiger partial charge is 0.496 e. The smallest absolute Gasteiger partial charge is 0.358 e. The average Bonchev–Trinajstić information content (AvgIpc) is 2.77. The van der Waals surface area contributed by atoms with Crippen LogP contribution in [-0.2, 0) is 0 Å². The molecule has 17 heavy (non-hydrogen) atoms. The Morgan fingerprint density at radius 3 is 2.88 bits per heavy atom. The van der Waals surface area contributed by atoms with Gasteiger partial charge in [-0.15, -0.1) is 0 Å². The summed E-state index contributed by atoms with van der Waals surface area (Å²) in [7, 11) is 1.52. The van der Waals surface area contributed by atoms with Crippen molar-refractivity contribution in [3.63, 3.8) is 0 Å². The van der Waals surface area contributed by atoms with E-state index in [1.54, 1.807) is 12.1 Å². The summed E-state index contributed by atoms with van der Waals surface area (Å²) in [6.07, 6.45) is 1.11. The van der Waals surface area contributed by atoms with Crippen molar-refractivity contribution in [1.29, 1.82) is 0 Å². The zero-order valence-corrected chi connectivity index (χ0v) is 9.43. The molecule has 2 rings (SSSR count). The quantitative estimate of drug-likeness (QED) is 0.880. The minimum Gasteiger partial charge on any atom is -0.496 e. The lowest BCUT2D eigenvalue weighted by Gasteiger charge is -2.07. The molecule has 1 aromatic carbocycles. The van der Waals surface area contributed by atoms with E-state index < -0.39 is 5.97 Å². The van der Waals surface area contributed by atoms with Gasteiger partial charge in [-0.1, -0.05) is 11.6 Å². The molecule has 0 aliphatic heterocycles. The summed E-state index contributed by atoms with van der Waals surface area (Å²) in [5.74, 6) is -0.370. The second kappa shape index (κ2) is 4.29. The molecule has 0 radical (unpaired) electrons. The van der Waals surface area contributed by atoms with Crippen LogP contribution >= 0.6 is 0 Å². The van der Waals surface area contributed by atoms with Crippen molar-refractivity contribution in [2.24, 2.45) is 0 Å². The number of methoxy groups -OCH3 is 1. The van der Waals surface area contributed by atoms with Crippen LogP contribution in [0.25, 0.3) is 11.3 Å². The summed E-state index contributed by atoms with van der Waals surface area (Å²) in [6.45, 7) is 1.90. The molecule has 0 fully saturated rings. The van der Waals surface area contributed by atoms with Gasteiger partial charge in [0.15, 0.2) is 17.8 Å². The topological polar surface area (TPSA) is 72.6 Å². The Hall–Kier alpha value is -2.30. The Morgan fingerprint density at radius 2 is 2.24 bits per heavy atom. The first kappa shape index (κ1) is 11.2. The molecule has 0 saturated heterocycles. The number of ether oxygens (including phenoxy) is 1. The van der Waals surface area contributed by atoms with Crippen molar-refractivity contribution in [3.05, 3.63) is 35.9 Å². The minimum absolute atomic E-state index is 0.117. The first-order chi connectivity index (χ1) is 8.13. The van der Waals surface area contributed by atoms with E-state index in [0.717, 1.165) is 12.0 Å². The maximum atomic E-state index is 11.0. The number of hydrogen-bond donors (Lipinski definition) is 1. The Labute approximate surface area is 97.7 Å². The lowest BCUT2D eigenvalue weighted by molar-refractivity contribution is 0.0691. The van der Waals surface area contributed by atoms with E-state index in [9.17, 15) is 4.79 Å². The van der Waals surface area contributed by atoms with Crippen LogP contribution in [0.3, 0.4) is 0 Å². The standard InChI is InChI=1S/C12H11NO4/c1-7-3-4-9(16-2)8(5-7)11-10(12(14)15)13-6-17-11/h3-6H,1-2H3,(H,14,15). The molecule has 5 nitrogen and oxygen atoms in total. The number of carbonyl (C=O) groups is 1.